The third kappa shape index (κ3) is 15.8. The van der Waals surface area contributed by atoms with Crippen LogP contribution in [0.1, 0.15) is 76.2 Å². The molecule has 0 spiro atoms. The molecule has 1 aliphatic heterocycles. The van der Waals surface area contributed by atoms with E-state index in [1.807, 2.05) is 24.3 Å². The fourth-order valence-electron chi connectivity index (χ4n) is 7.00. The number of fused-ring (bicyclic) bond motifs is 1. The number of aromatic nitrogens is 1. The number of aliphatic carboxylic acids is 1. The number of carboxylic acids is 1. The van der Waals surface area contributed by atoms with Crippen molar-refractivity contribution in [3.05, 3.63) is 36.0 Å². The smallest absolute Gasteiger partial charge is 0.326 e. The number of carbonyl (C=O) groups is 7. The Morgan fingerprint density at radius 1 is 0.783 bits per heavy atom. The Kier molecular flexibility index (Phi) is 20.7. The lowest BCUT2D eigenvalue weighted by molar-refractivity contribution is -0.143. The number of carbonyl (C=O) groups excluding carboxylic acids is 6. The first kappa shape index (κ1) is 48.6. The standard InChI is InChI=1S/C39H63N13O8/c40-16-6-3-12-28(35(56)51-30(20-24-22-46-26-11-2-1-10-25(24)26)36(57)50-29(38(59)60)13-4-7-17-41)49-37(58)31-15-5-8-19-52(31)33(54)23-47-34(55)27(48-32(53)21-42)14-9-18-45-39(43)44/h1-2,10-11,22,27-31,46H,3-9,12-21,23,40-42H2,(H,47,55)(H,48,53)(H,49,58)(H,50,57)(H,51,56)(H,59,60)(H4,43,44,45)/t27-,28-,29-,30-,31-/m0/s1. The third-order valence-electron chi connectivity index (χ3n) is 10.2. The second-order valence-corrected chi connectivity index (χ2v) is 14.8. The van der Waals surface area contributed by atoms with Gasteiger partial charge in [0.25, 0.3) is 0 Å². The van der Waals surface area contributed by atoms with E-state index in [2.05, 4.69) is 36.9 Å². The third-order valence-corrected chi connectivity index (χ3v) is 10.2. The van der Waals surface area contributed by atoms with Gasteiger partial charge in [0.1, 0.15) is 30.2 Å². The van der Waals surface area contributed by atoms with Crippen molar-refractivity contribution in [2.75, 3.05) is 39.3 Å². The van der Waals surface area contributed by atoms with Crippen LogP contribution in [-0.4, -0.2) is 132 Å². The number of nitrogens with one attached hydrogen (secondary N) is 8. The lowest BCUT2D eigenvalue weighted by Gasteiger charge is -2.36. The van der Waals surface area contributed by atoms with Crippen LogP contribution in [0.2, 0.25) is 0 Å². The highest BCUT2D eigenvalue weighted by Gasteiger charge is 2.36. The molecule has 17 N–H and O–H groups in total. The Balaban J connectivity index is 1.78. The van der Waals surface area contributed by atoms with Crippen molar-refractivity contribution in [1.29, 1.82) is 5.41 Å². The van der Waals surface area contributed by atoms with Crippen molar-refractivity contribution >= 4 is 58.3 Å². The van der Waals surface area contributed by atoms with Crippen LogP contribution < -0.4 is 54.8 Å². The van der Waals surface area contributed by atoms with E-state index in [0.717, 1.165) is 10.9 Å². The molecule has 2 aromatic rings. The van der Waals surface area contributed by atoms with Crippen LogP contribution in [0.25, 0.3) is 10.9 Å². The van der Waals surface area contributed by atoms with Gasteiger partial charge >= 0.3 is 5.97 Å². The molecule has 2 heterocycles. The Bertz CT molecular complexity index is 1770. The van der Waals surface area contributed by atoms with Gasteiger partial charge in [0.15, 0.2) is 5.96 Å². The number of piperidine rings is 1. The lowest BCUT2D eigenvalue weighted by Crippen LogP contribution is -2.60. The number of para-hydroxylation sites is 1. The highest BCUT2D eigenvalue weighted by atomic mass is 16.4. The fraction of sp³-hybridized carbons (Fsp3) is 0.590. The van der Waals surface area contributed by atoms with Crippen molar-refractivity contribution in [3.8, 4) is 0 Å². The number of likely N-dealkylation sites (tertiary alicyclic amines) is 1. The molecule has 1 aromatic carbocycles. The second kappa shape index (κ2) is 25.6. The highest BCUT2D eigenvalue weighted by Crippen LogP contribution is 2.21. The van der Waals surface area contributed by atoms with Crippen LogP contribution in [0.4, 0.5) is 0 Å². The Morgan fingerprint density at radius 2 is 1.42 bits per heavy atom. The zero-order valence-corrected chi connectivity index (χ0v) is 34.1. The summed E-state index contributed by atoms with van der Waals surface area (Å²) in [7, 11) is 0. The Labute approximate surface area is 349 Å². The summed E-state index contributed by atoms with van der Waals surface area (Å²) in [6, 6.07) is 1.79. The molecule has 5 atom stereocenters. The molecule has 3 rings (SSSR count). The van der Waals surface area contributed by atoms with Gasteiger partial charge < -0.3 is 69.8 Å². The minimum atomic E-state index is -1.23. The molecule has 332 valence electrons. The zero-order valence-electron chi connectivity index (χ0n) is 34.1. The zero-order chi connectivity index (χ0) is 44.0. The van der Waals surface area contributed by atoms with Crippen molar-refractivity contribution in [2.45, 2.75) is 107 Å². The van der Waals surface area contributed by atoms with E-state index in [1.165, 1.54) is 4.90 Å². The van der Waals surface area contributed by atoms with E-state index >= 15 is 0 Å². The van der Waals surface area contributed by atoms with Crippen LogP contribution in [0, 0.1) is 5.41 Å². The number of aromatic amines is 1. The molecule has 0 saturated carbocycles. The average Bonchev–Trinajstić information content (AvgIpc) is 3.64. The van der Waals surface area contributed by atoms with E-state index in [0.29, 0.717) is 63.6 Å². The van der Waals surface area contributed by atoms with Crippen LogP contribution in [0.15, 0.2) is 30.5 Å². The predicted molar refractivity (Wildman–Crippen MR) is 224 cm³/mol. The van der Waals surface area contributed by atoms with Gasteiger partial charge in [0.05, 0.1) is 13.1 Å². The van der Waals surface area contributed by atoms with Gasteiger partial charge in [-0.2, -0.15) is 0 Å². The van der Waals surface area contributed by atoms with Gasteiger partial charge in [-0.25, -0.2) is 4.79 Å². The fourth-order valence-corrected chi connectivity index (χ4v) is 7.00. The van der Waals surface area contributed by atoms with Crippen molar-refractivity contribution in [1.82, 2.24) is 41.8 Å². The van der Waals surface area contributed by atoms with Gasteiger partial charge in [-0.3, -0.25) is 34.2 Å². The molecule has 0 bridgehead atoms. The number of H-pyrrole nitrogens is 1. The van der Waals surface area contributed by atoms with E-state index < -0.39 is 78.2 Å². The first-order chi connectivity index (χ1) is 28.8. The minimum absolute atomic E-state index is 0.00286. The van der Waals surface area contributed by atoms with Crippen molar-refractivity contribution in [2.24, 2.45) is 22.9 Å². The summed E-state index contributed by atoms with van der Waals surface area (Å²) >= 11 is 0. The Hall–Kier alpha value is -5.80. The van der Waals surface area contributed by atoms with Gasteiger partial charge in [0.2, 0.25) is 35.4 Å². The van der Waals surface area contributed by atoms with Crippen molar-refractivity contribution < 1.29 is 38.7 Å². The average molecular weight is 842 g/mol. The van der Waals surface area contributed by atoms with E-state index in [9.17, 15) is 38.7 Å². The molecule has 0 radical (unpaired) electrons. The van der Waals surface area contributed by atoms with E-state index in [1.54, 1.807) is 6.20 Å². The molecule has 1 aromatic heterocycles. The lowest BCUT2D eigenvalue weighted by atomic mass is 9.99. The monoisotopic (exact) mass is 841 g/mol. The molecule has 21 heteroatoms. The first-order valence-electron chi connectivity index (χ1n) is 20.5. The number of nitrogens with zero attached hydrogens (tertiary/aromatic N) is 1. The number of rotatable bonds is 26. The highest BCUT2D eigenvalue weighted by molar-refractivity contribution is 5.96. The van der Waals surface area contributed by atoms with Gasteiger partial charge in [-0.05, 0) is 95.3 Å². The first-order valence-corrected chi connectivity index (χ1v) is 20.5. The second-order valence-electron chi connectivity index (χ2n) is 14.8. The van der Waals surface area contributed by atoms with Gasteiger partial charge in [-0.1, -0.05) is 18.2 Å². The number of amides is 6. The summed E-state index contributed by atoms with van der Waals surface area (Å²) in [5.41, 5.74) is 23.6. The number of unbranched alkanes of at least 4 members (excludes halogenated alkanes) is 2. The molecule has 6 amide bonds. The molecule has 1 fully saturated rings. The van der Waals surface area contributed by atoms with E-state index in [4.69, 9.17) is 28.3 Å². The minimum Gasteiger partial charge on any atom is -0.480 e. The number of hydrogen-bond acceptors (Lipinski definition) is 11. The number of nitrogens with two attached hydrogens (primary N) is 4. The van der Waals surface area contributed by atoms with Gasteiger partial charge in [-0.15, -0.1) is 0 Å². The van der Waals surface area contributed by atoms with E-state index in [-0.39, 0.29) is 57.7 Å². The molecular weight excluding hydrogens is 779 g/mol. The quantitative estimate of drug-likeness (QED) is 0.0270. The molecule has 0 unspecified atom stereocenters. The topological polar surface area (TPSA) is 359 Å². The maximum Gasteiger partial charge on any atom is 0.326 e. The summed E-state index contributed by atoms with van der Waals surface area (Å²) in [4.78, 5) is 97.2. The number of benzene rings is 1. The maximum absolute atomic E-state index is 14.1. The molecular formula is C39H63N13O8. The summed E-state index contributed by atoms with van der Waals surface area (Å²) in [5.74, 6) is -5.24. The number of hydrogen-bond donors (Lipinski definition) is 13. The number of carboxylic acid groups (broad SMARTS) is 1. The molecule has 0 aliphatic carbocycles. The van der Waals surface area contributed by atoms with Crippen LogP contribution in [0.5, 0.6) is 0 Å². The molecule has 1 saturated heterocycles. The van der Waals surface area contributed by atoms with Gasteiger partial charge in [0, 0.05) is 36.6 Å². The van der Waals surface area contributed by atoms with Crippen LogP contribution in [0.3, 0.4) is 0 Å². The van der Waals surface area contributed by atoms with Crippen molar-refractivity contribution in [3.63, 3.8) is 0 Å². The summed E-state index contributed by atoms with van der Waals surface area (Å²) in [6.45, 7) is 0.340. The largest absolute Gasteiger partial charge is 0.480 e. The Morgan fingerprint density at radius 3 is 2.08 bits per heavy atom. The predicted octanol–water partition coefficient (Wildman–Crippen LogP) is -2.29. The summed E-state index contributed by atoms with van der Waals surface area (Å²) < 4.78 is 0. The summed E-state index contributed by atoms with van der Waals surface area (Å²) in [5, 5.41) is 33.8. The molecule has 60 heavy (non-hydrogen) atoms. The van der Waals surface area contributed by atoms with Crippen LogP contribution in [-0.2, 0) is 40.0 Å². The summed E-state index contributed by atoms with van der Waals surface area (Å²) in [6.07, 6.45) is 6.03. The molecule has 1 aliphatic rings. The molecule has 21 nitrogen and oxygen atoms in total. The maximum atomic E-state index is 14.1. The normalized spacial score (nSPS) is 15.8. The SMILES string of the molecule is N=C(N)NCCC[C@H](NC(=O)CN)C(=O)NCC(=O)N1CCCC[C@H]1C(=O)N[C@@H](CCCCN)C(=O)N[C@@H](Cc1c[nH]c2ccccc12)C(=O)N[C@@H](CCCCN)C(=O)O. The van der Waals surface area contributed by atoms with Crippen LogP contribution >= 0.6 is 0 Å². The number of guanidine groups is 1.